The second kappa shape index (κ2) is 7.06. The van der Waals surface area contributed by atoms with Crippen LogP contribution in [0.1, 0.15) is 15.9 Å². The van der Waals surface area contributed by atoms with Crippen molar-refractivity contribution in [2.75, 3.05) is 13.2 Å². The van der Waals surface area contributed by atoms with Gasteiger partial charge in [0, 0.05) is 0 Å². The van der Waals surface area contributed by atoms with Crippen LogP contribution in [0.5, 0.6) is 0 Å². The summed E-state index contributed by atoms with van der Waals surface area (Å²) in [4.78, 5) is 10.2. The smallest absolute Gasteiger partial charge is 0.0974 e. The number of aliphatic hydroxyl groups is 1. The first-order valence-corrected chi connectivity index (χ1v) is 4.30. The molecule has 0 unspecified atom stereocenters. The normalized spacial score (nSPS) is 8.79. The number of aryl methyl sites for hydroxylation is 1. The molecule has 0 atom stereocenters. The number of hydrogen-bond donors (Lipinski definition) is 2. The van der Waals surface area contributed by atoms with Crippen LogP contribution in [0.4, 0.5) is 0 Å². The number of rotatable bonds is 2. The minimum absolute atomic E-state index is 0.208. The van der Waals surface area contributed by atoms with E-state index < -0.39 is 5.97 Å². The van der Waals surface area contributed by atoms with E-state index in [2.05, 4.69) is 5.73 Å². The Balaban J connectivity index is 0.000000364. The second-order valence-electron chi connectivity index (χ2n) is 2.73. The van der Waals surface area contributed by atoms with Gasteiger partial charge in [-0.25, -0.2) is 0 Å². The monoisotopic (exact) mass is 197 g/mol. The second-order valence-corrected chi connectivity index (χ2v) is 2.73. The highest BCUT2D eigenvalue weighted by Crippen LogP contribution is 2.00. The summed E-state index contributed by atoms with van der Waals surface area (Å²) < 4.78 is 0. The number of carbonyl (C=O) groups excluding carboxylic acids is 1. The predicted octanol–water partition coefficient (Wildman–Crippen LogP) is -1.42. The average Bonchev–Trinajstić information content (AvgIpc) is 2.19. The van der Waals surface area contributed by atoms with Gasteiger partial charge in [0.15, 0.2) is 0 Å². The van der Waals surface area contributed by atoms with Crippen LogP contribution in [0.3, 0.4) is 0 Å². The molecule has 0 aliphatic carbocycles. The molecular weight excluding hydrogens is 182 g/mol. The molecule has 1 aromatic rings. The van der Waals surface area contributed by atoms with Crippen LogP contribution in [0.25, 0.3) is 0 Å². The number of hydrogen-bond acceptors (Lipinski definition) is 3. The van der Waals surface area contributed by atoms with Crippen molar-refractivity contribution in [1.29, 1.82) is 0 Å². The molecule has 1 rings (SSSR count). The van der Waals surface area contributed by atoms with Gasteiger partial charge in [-0.15, -0.1) is 0 Å². The zero-order valence-electron chi connectivity index (χ0n) is 8.19. The lowest BCUT2D eigenvalue weighted by atomic mass is 10.2. The van der Waals surface area contributed by atoms with E-state index in [0.717, 1.165) is 5.56 Å². The first-order chi connectivity index (χ1) is 6.61. The van der Waals surface area contributed by atoms with Gasteiger partial charge in [0.25, 0.3) is 0 Å². The quantitative estimate of drug-likeness (QED) is 0.610. The summed E-state index contributed by atoms with van der Waals surface area (Å²) in [7, 11) is 0. The van der Waals surface area contributed by atoms with E-state index in [0.29, 0.717) is 6.54 Å². The van der Waals surface area contributed by atoms with E-state index in [4.69, 9.17) is 5.11 Å². The molecule has 0 aromatic heterocycles. The number of carboxylic acids is 1. The van der Waals surface area contributed by atoms with Gasteiger partial charge in [-0.2, -0.15) is 0 Å². The summed E-state index contributed by atoms with van der Waals surface area (Å²) in [6, 6.07) is 6.55. The molecule has 0 spiro atoms. The number of aromatic carboxylic acids is 1. The Labute approximate surface area is 83.0 Å². The summed E-state index contributed by atoms with van der Waals surface area (Å²) in [5.74, 6) is -1.12. The van der Waals surface area contributed by atoms with Gasteiger partial charge in [-0.3, -0.25) is 0 Å². The fraction of sp³-hybridized carbons (Fsp3) is 0.300. The van der Waals surface area contributed by atoms with Gasteiger partial charge in [0.2, 0.25) is 0 Å². The zero-order chi connectivity index (χ0) is 11.0. The van der Waals surface area contributed by atoms with Crippen LogP contribution < -0.4 is 10.8 Å². The molecule has 1 aromatic carbocycles. The van der Waals surface area contributed by atoms with Crippen molar-refractivity contribution in [3.05, 3.63) is 35.4 Å². The molecule has 0 bridgehead atoms. The van der Waals surface area contributed by atoms with Gasteiger partial charge in [-0.05, 0) is 12.5 Å². The number of quaternary nitrogens is 1. The van der Waals surface area contributed by atoms with Crippen LogP contribution >= 0.6 is 0 Å². The number of carbonyl (C=O) groups is 1. The third kappa shape index (κ3) is 5.29. The SMILES string of the molecule is Cc1ccc(C(=O)[O-])cc1.[NH3+]CCO. The number of benzene rings is 1. The Bertz CT molecular complexity index is 267. The van der Waals surface area contributed by atoms with Crippen LogP contribution in [-0.4, -0.2) is 24.2 Å². The van der Waals surface area contributed by atoms with Gasteiger partial charge >= 0.3 is 0 Å². The Morgan fingerprint density at radius 2 is 1.86 bits per heavy atom. The first-order valence-electron chi connectivity index (χ1n) is 4.30. The molecule has 78 valence electrons. The number of aliphatic hydroxyl groups excluding tert-OH is 1. The molecular formula is C10H15NO3. The lowest BCUT2D eigenvalue weighted by molar-refractivity contribution is -0.372. The van der Waals surface area contributed by atoms with Crippen molar-refractivity contribution < 1.29 is 20.7 Å². The van der Waals surface area contributed by atoms with E-state index in [1.807, 2.05) is 6.92 Å². The van der Waals surface area contributed by atoms with Crippen LogP contribution in [0, 0.1) is 6.92 Å². The average molecular weight is 197 g/mol. The number of carboxylic acid groups (broad SMARTS) is 1. The minimum Gasteiger partial charge on any atom is -0.545 e. The Kier molecular flexibility index (Phi) is 6.36. The van der Waals surface area contributed by atoms with Gasteiger partial charge < -0.3 is 20.7 Å². The molecule has 4 heteroatoms. The summed E-state index contributed by atoms with van der Waals surface area (Å²) in [5, 5.41) is 18.0. The maximum absolute atomic E-state index is 10.2. The standard InChI is InChI=1S/C8H8O2.C2H7NO/c1-6-2-4-7(5-3-6)8(9)10;3-1-2-4/h2-5H,1H3,(H,9,10);4H,1-3H2. The highest BCUT2D eigenvalue weighted by molar-refractivity contribution is 5.85. The Hall–Kier alpha value is -1.39. The topological polar surface area (TPSA) is 88.0 Å². The lowest BCUT2D eigenvalue weighted by Gasteiger charge is -2.00. The van der Waals surface area contributed by atoms with Gasteiger partial charge in [0.05, 0.1) is 19.1 Å². The fourth-order valence-electron chi connectivity index (χ4n) is 0.690. The Morgan fingerprint density at radius 1 is 1.43 bits per heavy atom. The summed E-state index contributed by atoms with van der Waals surface area (Å²) >= 11 is 0. The summed E-state index contributed by atoms with van der Waals surface area (Å²) in [5.41, 5.74) is 4.63. The molecule has 0 aliphatic rings. The fourth-order valence-corrected chi connectivity index (χ4v) is 0.690. The summed E-state index contributed by atoms with van der Waals surface area (Å²) in [6.45, 7) is 2.74. The minimum atomic E-state index is -1.12. The van der Waals surface area contributed by atoms with Crippen molar-refractivity contribution >= 4 is 5.97 Å². The molecule has 0 saturated heterocycles. The van der Waals surface area contributed by atoms with Crippen molar-refractivity contribution in [3.63, 3.8) is 0 Å². The molecule has 0 fully saturated rings. The van der Waals surface area contributed by atoms with Crippen molar-refractivity contribution in [2.45, 2.75) is 6.92 Å². The molecule has 0 heterocycles. The van der Waals surface area contributed by atoms with Gasteiger partial charge in [-0.1, -0.05) is 29.8 Å². The highest BCUT2D eigenvalue weighted by atomic mass is 16.4. The Morgan fingerprint density at radius 3 is 2.14 bits per heavy atom. The summed E-state index contributed by atoms with van der Waals surface area (Å²) in [6.07, 6.45) is 0. The van der Waals surface area contributed by atoms with Crippen molar-refractivity contribution in [3.8, 4) is 0 Å². The molecule has 0 saturated carbocycles. The first kappa shape index (κ1) is 12.6. The lowest BCUT2D eigenvalue weighted by Crippen LogP contribution is -2.51. The molecule has 4 nitrogen and oxygen atoms in total. The maximum atomic E-state index is 10.2. The molecule has 0 amide bonds. The molecule has 0 radical (unpaired) electrons. The van der Waals surface area contributed by atoms with Crippen molar-refractivity contribution in [1.82, 2.24) is 0 Å². The third-order valence-corrected chi connectivity index (χ3v) is 1.45. The van der Waals surface area contributed by atoms with E-state index >= 15 is 0 Å². The highest BCUT2D eigenvalue weighted by Gasteiger charge is 1.89. The molecule has 4 N–H and O–H groups in total. The van der Waals surface area contributed by atoms with Gasteiger partial charge in [0.1, 0.15) is 0 Å². The predicted molar refractivity (Wildman–Crippen MR) is 50.4 cm³/mol. The van der Waals surface area contributed by atoms with Crippen LogP contribution in [-0.2, 0) is 0 Å². The molecule has 14 heavy (non-hydrogen) atoms. The third-order valence-electron chi connectivity index (χ3n) is 1.45. The molecule has 0 aliphatic heterocycles. The van der Waals surface area contributed by atoms with Crippen LogP contribution in [0.15, 0.2) is 24.3 Å². The maximum Gasteiger partial charge on any atom is 0.0974 e. The van der Waals surface area contributed by atoms with E-state index in [1.165, 1.54) is 12.1 Å². The van der Waals surface area contributed by atoms with Crippen LogP contribution in [0.2, 0.25) is 0 Å². The van der Waals surface area contributed by atoms with E-state index in [9.17, 15) is 9.90 Å². The van der Waals surface area contributed by atoms with Crippen molar-refractivity contribution in [2.24, 2.45) is 0 Å². The zero-order valence-corrected chi connectivity index (χ0v) is 8.19. The van der Waals surface area contributed by atoms with E-state index in [-0.39, 0.29) is 12.2 Å². The largest absolute Gasteiger partial charge is 0.545 e. The van der Waals surface area contributed by atoms with E-state index in [1.54, 1.807) is 12.1 Å².